The van der Waals surface area contributed by atoms with E-state index in [1.54, 1.807) is 24.3 Å². The predicted molar refractivity (Wildman–Crippen MR) is 76.1 cm³/mol. The molecule has 1 atom stereocenters. The van der Waals surface area contributed by atoms with E-state index in [1.807, 2.05) is 0 Å². The summed E-state index contributed by atoms with van der Waals surface area (Å²) in [7, 11) is 0. The van der Waals surface area contributed by atoms with Gasteiger partial charge in [-0.15, -0.1) is 0 Å². The zero-order valence-corrected chi connectivity index (χ0v) is 11.3. The topological polar surface area (TPSA) is 118 Å². The summed E-state index contributed by atoms with van der Waals surface area (Å²) < 4.78 is 0. The Morgan fingerprint density at radius 3 is 2.30 bits per heavy atom. The monoisotopic (exact) mass is 279 g/mol. The quantitative estimate of drug-likeness (QED) is 0.515. The lowest BCUT2D eigenvalue weighted by molar-refractivity contribution is -0.139. The first-order chi connectivity index (χ1) is 9.58. The number of rotatable bonds is 8. The van der Waals surface area contributed by atoms with Crippen LogP contribution in [0.4, 0.5) is 0 Å². The summed E-state index contributed by atoms with van der Waals surface area (Å²) in [5.74, 6) is -1.43. The third-order valence-corrected chi connectivity index (χ3v) is 3.00. The molecule has 110 valence electrons. The van der Waals surface area contributed by atoms with Crippen LogP contribution in [0.5, 0.6) is 0 Å². The Morgan fingerprint density at radius 2 is 1.80 bits per heavy atom. The summed E-state index contributed by atoms with van der Waals surface area (Å²) in [6, 6.07) is 5.88. The Labute approximate surface area is 118 Å². The van der Waals surface area contributed by atoms with Crippen LogP contribution in [0.2, 0.25) is 0 Å². The maximum atomic E-state index is 12.0. The smallest absolute Gasteiger partial charge is 0.326 e. The maximum Gasteiger partial charge on any atom is 0.326 e. The molecule has 1 aromatic rings. The highest BCUT2D eigenvalue weighted by Crippen LogP contribution is 2.06. The zero-order valence-electron chi connectivity index (χ0n) is 11.3. The molecule has 1 amide bonds. The number of hydrogen-bond donors (Lipinski definition) is 4. The van der Waals surface area contributed by atoms with Crippen molar-refractivity contribution in [3.63, 3.8) is 0 Å². The lowest BCUT2D eigenvalue weighted by Crippen LogP contribution is -2.40. The molecule has 20 heavy (non-hydrogen) atoms. The van der Waals surface area contributed by atoms with Gasteiger partial charge in [0.2, 0.25) is 0 Å². The first-order valence-corrected chi connectivity index (χ1v) is 6.61. The minimum atomic E-state index is -1.03. The van der Waals surface area contributed by atoms with Gasteiger partial charge in [-0.1, -0.05) is 12.1 Å². The predicted octanol–water partition coefficient (Wildman–Crippen LogP) is 0.457. The van der Waals surface area contributed by atoms with Gasteiger partial charge in [0.05, 0.1) is 0 Å². The van der Waals surface area contributed by atoms with Crippen LogP contribution >= 0.6 is 0 Å². The minimum absolute atomic E-state index is 0.374. The van der Waals surface area contributed by atoms with E-state index in [4.69, 9.17) is 16.6 Å². The van der Waals surface area contributed by atoms with Gasteiger partial charge < -0.3 is 21.9 Å². The summed E-state index contributed by atoms with van der Waals surface area (Å²) >= 11 is 0. The lowest BCUT2D eigenvalue weighted by Gasteiger charge is -2.14. The highest BCUT2D eigenvalue weighted by atomic mass is 16.4. The molecule has 0 aliphatic carbocycles. The fourth-order valence-corrected chi connectivity index (χ4v) is 1.78. The second-order valence-electron chi connectivity index (χ2n) is 4.55. The molecule has 0 spiro atoms. The van der Waals surface area contributed by atoms with Crippen LogP contribution in [-0.4, -0.2) is 29.6 Å². The van der Waals surface area contributed by atoms with Gasteiger partial charge in [-0.05, 0) is 43.5 Å². The average Bonchev–Trinajstić information content (AvgIpc) is 2.46. The van der Waals surface area contributed by atoms with Gasteiger partial charge >= 0.3 is 5.97 Å². The van der Waals surface area contributed by atoms with Crippen LogP contribution in [0, 0.1) is 0 Å². The molecule has 0 saturated heterocycles. The number of carbonyl (C=O) groups is 2. The second kappa shape index (κ2) is 8.29. The molecule has 0 heterocycles. The summed E-state index contributed by atoms with van der Waals surface area (Å²) in [6.07, 6.45) is 1.78. The van der Waals surface area contributed by atoms with E-state index in [2.05, 4.69) is 5.32 Å². The van der Waals surface area contributed by atoms with Crippen molar-refractivity contribution in [3.8, 4) is 0 Å². The SMILES string of the molecule is NCCCCC(NC(=O)c1ccc(CN)cc1)C(=O)O. The fourth-order valence-electron chi connectivity index (χ4n) is 1.78. The minimum Gasteiger partial charge on any atom is -0.480 e. The number of carbonyl (C=O) groups excluding carboxylic acids is 1. The number of nitrogens with one attached hydrogen (secondary N) is 1. The second-order valence-corrected chi connectivity index (χ2v) is 4.55. The summed E-state index contributed by atoms with van der Waals surface area (Å²) in [4.78, 5) is 23.1. The molecule has 1 unspecified atom stereocenters. The van der Waals surface area contributed by atoms with E-state index in [-0.39, 0.29) is 0 Å². The van der Waals surface area contributed by atoms with Crippen molar-refractivity contribution in [2.75, 3.05) is 6.54 Å². The number of carboxylic acid groups (broad SMARTS) is 1. The highest BCUT2D eigenvalue weighted by molar-refractivity contribution is 5.96. The number of carboxylic acids is 1. The zero-order chi connectivity index (χ0) is 15.0. The first-order valence-electron chi connectivity index (χ1n) is 6.61. The van der Waals surface area contributed by atoms with Gasteiger partial charge in [0, 0.05) is 12.1 Å². The summed E-state index contributed by atoms with van der Waals surface area (Å²) in [5, 5.41) is 11.6. The van der Waals surface area contributed by atoms with Crippen LogP contribution in [0.3, 0.4) is 0 Å². The largest absolute Gasteiger partial charge is 0.480 e. The molecular formula is C14H21N3O3. The average molecular weight is 279 g/mol. The molecule has 0 saturated carbocycles. The first kappa shape index (κ1) is 16.1. The number of amides is 1. The van der Waals surface area contributed by atoms with Gasteiger partial charge in [0.15, 0.2) is 0 Å². The Balaban J connectivity index is 2.62. The maximum absolute atomic E-state index is 12.0. The van der Waals surface area contributed by atoms with Crippen LogP contribution in [0.1, 0.15) is 35.2 Å². The Kier molecular flexibility index (Phi) is 6.69. The molecule has 1 aromatic carbocycles. The standard InChI is InChI=1S/C14H21N3O3/c15-8-2-1-3-12(14(19)20)17-13(18)11-6-4-10(9-16)5-7-11/h4-7,12H,1-3,8-9,15-16H2,(H,17,18)(H,19,20). The van der Waals surface area contributed by atoms with E-state index in [0.29, 0.717) is 31.5 Å². The van der Waals surface area contributed by atoms with Gasteiger partial charge in [-0.2, -0.15) is 0 Å². The van der Waals surface area contributed by atoms with Crippen molar-refractivity contribution in [2.24, 2.45) is 11.5 Å². The van der Waals surface area contributed by atoms with Crippen molar-refractivity contribution in [1.29, 1.82) is 0 Å². The van der Waals surface area contributed by atoms with E-state index < -0.39 is 17.9 Å². The van der Waals surface area contributed by atoms with Crippen molar-refractivity contribution >= 4 is 11.9 Å². The third kappa shape index (κ3) is 4.99. The highest BCUT2D eigenvalue weighted by Gasteiger charge is 2.19. The van der Waals surface area contributed by atoms with Gasteiger partial charge in [0.25, 0.3) is 5.91 Å². The fraction of sp³-hybridized carbons (Fsp3) is 0.429. The number of benzene rings is 1. The van der Waals surface area contributed by atoms with Crippen molar-refractivity contribution in [2.45, 2.75) is 31.8 Å². The number of aliphatic carboxylic acids is 1. The van der Waals surface area contributed by atoms with Crippen LogP contribution in [-0.2, 0) is 11.3 Å². The molecule has 0 bridgehead atoms. The molecule has 1 rings (SSSR count). The number of hydrogen-bond acceptors (Lipinski definition) is 4. The van der Waals surface area contributed by atoms with Gasteiger partial charge in [-0.25, -0.2) is 4.79 Å². The molecule has 0 fully saturated rings. The van der Waals surface area contributed by atoms with E-state index in [9.17, 15) is 9.59 Å². The van der Waals surface area contributed by atoms with E-state index in [0.717, 1.165) is 12.0 Å². The summed E-state index contributed by atoms with van der Waals surface area (Å²) in [6.45, 7) is 0.916. The third-order valence-electron chi connectivity index (χ3n) is 3.00. The van der Waals surface area contributed by atoms with E-state index >= 15 is 0 Å². The van der Waals surface area contributed by atoms with Crippen LogP contribution in [0.25, 0.3) is 0 Å². The van der Waals surface area contributed by atoms with Gasteiger partial charge in [-0.3, -0.25) is 4.79 Å². The Hall–Kier alpha value is -1.92. The number of unbranched alkanes of at least 4 members (excludes halogenated alkanes) is 1. The molecule has 0 aromatic heterocycles. The van der Waals surface area contributed by atoms with Crippen molar-refractivity contribution in [1.82, 2.24) is 5.32 Å². The normalized spacial score (nSPS) is 11.9. The van der Waals surface area contributed by atoms with Crippen molar-refractivity contribution in [3.05, 3.63) is 35.4 Å². The molecule has 6 N–H and O–H groups in total. The summed E-state index contributed by atoms with van der Waals surface area (Å²) in [5.41, 5.74) is 12.2. The molecule has 0 aliphatic heterocycles. The van der Waals surface area contributed by atoms with Crippen molar-refractivity contribution < 1.29 is 14.7 Å². The van der Waals surface area contributed by atoms with Crippen LogP contribution < -0.4 is 16.8 Å². The molecule has 0 radical (unpaired) electrons. The van der Waals surface area contributed by atoms with E-state index in [1.165, 1.54) is 0 Å². The Bertz CT molecular complexity index is 445. The van der Waals surface area contributed by atoms with Crippen LogP contribution in [0.15, 0.2) is 24.3 Å². The molecule has 6 nitrogen and oxygen atoms in total. The van der Waals surface area contributed by atoms with Gasteiger partial charge in [0.1, 0.15) is 6.04 Å². The number of nitrogens with two attached hydrogens (primary N) is 2. The molecule has 6 heteroatoms. The Morgan fingerprint density at radius 1 is 1.15 bits per heavy atom. The molecule has 0 aliphatic rings. The molecular weight excluding hydrogens is 258 g/mol. The lowest BCUT2D eigenvalue weighted by atomic mass is 10.1.